The van der Waals surface area contributed by atoms with Crippen LogP contribution in [0.15, 0.2) is 36.4 Å². The number of carbonyl (C=O) groups is 1. The van der Waals surface area contributed by atoms with Gasteiger partial charge in [0.05, 0.1) is 11.6 Å². The Hall–Kier alpha value is -1.96. The summed E-state index contributed by atoms with van der Waals surface area (Å²) in [6, 6.07) is 8.84. The predicted octanol–water partition coefficient (Wildman–Crippen LogP) is 3.93. The van der Waals surface area contributed by atoms with Crippen molar-refractivity contribution in [3.63, 3.8) is 0 Å². The molecule has 0 amide bonds. The fraction of sp³-hybridized carbons (Fsp3) is 0.278. The summed E-state index contributed by atoms with van der Waals surface area (Å²) >= 11 is 11.8. The van der Waals surface area contributed by atoms with Gasteiger partial charge >= 0.3 is 5.97 Å². The average Bonchev–Trinajstić information content (AvgIpc) is 3.13. The maximum Gasteiger partial charge on any atom is 0.345 e. The highest BCUT2D eigenvalue weighted by molar-refractivity contribution is 7.51. The molecule has 0 radical (unpaired) electrons. The van der Waals surface area contributed by atoms with Crippen molar-refractivity contribution in [3.8, 4) is 17.2 Å². The lowest BCUT2D eigenvalue weighted by molar-refractivity contribution is -0.211. The Labute approximate surface area is 176 Å². The number of hydrogen-bond acceptors (Lipinski definition) is 8. The molecule has 0 saturated heterocycles. The number of ether oxygens (including phenoxy) is 4. The second kappa shape index (κ2) is 9.24. The lowest BCUT2D eigenvalue weighted by atomic mass is 10.2. The largest absolute Gasteiger partial charge is 0.776 e. The van der Waals surface area contributed by atoms with Gasteiger partial charge in [-0.05, 0) is 37.3 Å². The van der Waals surface area contributed by atoms with Gasteiger partial charge in [0.1, 0.15) is 5.75 Å². The van der Waals surface area contributed by atoms with Crippen molar-refractivity contribution in [1.29, 1.82) is 0 Å². The smallest absolute Gasteiger partial charge is 0.345 e. The van der Waals surface area contributed by atoms with Crippen molar-refractivity contribution in [2.45, 2.75) is 12.8 Å². The van der Waals surface area contributed by atoms with E-state index >= 15 is 0 Å². The van der Waals surface area contributed by atoms with Crippen LogP contribution in [0.1, 0.15) is 18.3 Å². The van der Waals surface area contributed by atoms with E-state index in [9.17, 15) is 14.3 Å². The Morgan fingerprint density at radius 2 is 1.97 bits per heavy atom. The minimum absolute atomic E-state index is 0.0133. The molecule has 0 fully saturated rings. The third-order valence-electron chi connectivity index (χ3n) is 3.76. The zero-order chi connectivity index (χ0) is 21.0. The van der Waals surface area contributed by atoms with Gasteiger partial charge in [0.15, 0.2) is 31.5 Å². The van der Waals surface area contributed by atoms with E-state index in [1.807, 2.05) is 0 Å². The molecule has 11 heteroatoms. The van der Waals surface area contributed by atoms with Gasteiger partial charge in [-0.1, -0.05) is 29.3 Å². The van der Waals surface area contributed by atoms with Crippen LogP contribution in [0, 0.1) is 0 Å². The van der Waals surface area contributed by atoms with E-state index in [0.717, 1.165) is 0 Å². The molecule has 0 spiro atoms. The number of rotatable bonds is 8. The van der Waals surface area contributed by atoms with E-state index < -0.39 is 26.0 Å². The third-order valence-corrected chi connectivity index (χ3v) is 5.89. The Balaban J connectivity index is 1.76. The number of halogens is 2. The van der Waals surface area contributed by atoms with E-state index in [4.69, 9.17) is 46.7 Å². The Morgan fingerprint density at radius 1 is 1.21 bits per heavy atom. The van der Waals surface area contributed by atoms with Crippen molar-refractivity contribution >= 4 is 36.8 Å². The van der Waals surface area contributed by atoms with E-state index in [1.54, 1.807) is 0 Å². The second-order valence-electron chi connectivity index (χ2n) is 5.78. The molecular weight excluding hydrogens is 446 g/mol. The van der Waals surface area contributed by atoms with Gasteiger partial charge in [-0.15, -0.1) is 0 Å². The zero-order valence-corrected chi connectivity index (χ0v) is 17.5. The minimum Gasteiger partial charge on any atom is -0.776 e. The number of benzene rings is 2. The quantitative estimate of drug-likeness (QED) is 0.430. The summed E-state index contributed by atoms with van der Waals surface area (Å²) in [7, 11) is -4.60. The molecule has 29 heavy (non-hydrogen) atoms. The van der Waals surface area contributed by atoms with Crippen LogP contribution in [0.5, 0.6) is 17.2 Å². The molecule has 1 aliphatic rings. The zero-order valence-electron chi connectivity index (χ0n) is 15.1. The maximum absolute atomic E-state index is 12.5. The van der Waals surface area contributed by atoms with E-state index in [2.05, 4.69) is 0 Å². The van der Waals surface area contributed by atoms with Gasteiger partial charge in [0, 0.05) is 10.6 Å². The molecule has 3 rings (SSSR count). The molecule has 1 heterocycles. The predicted molar refractivity (Wildman–Crippen MR) is 103 cm³/mol. The van der Waals surface area contributed by atoms with Crippen LogP contribution in [0.25, 0.3) is 0 Å². The third kappa shape index (κ3) is 5.35. The van der Waals surface area contributed by atoms with Gasteiger partial charge in [-0.3, -0.25) is 0 Å². The monoisotopic (exact) mass is 461 g/mol. The molecule has 0 saturated carbocycles. The molecule has 156 valence electrons. The molecule has 2 aromatic carbocycles. The van der Waals surface area contributed by atoms with E-state index in [1.165, 1.54) is 43.3 Å². The first-order chi connectivity index (χ1) is 13.8. The summed E-state index contributed by atoms with van der Waals surface area (Å²) in [6.07, 6.45) is 0. The Bertz CT molecular complexity index is 951. The van der Waals surface area contributed by atoms with Crippen LogP contribution in [-0.2, 0) is 18.6 Å². The molecule has 2 aromatic rings. The number of fused-ring (bicyclic) bond motifs is 1. The molecule has 0 aliphatic carbocycles. The standard InChI is InChI=1S/C18H17Cl2O8P/c1-2-27-29(22,23)18(11-3-5-15-16(7-11)26-10-25-15)28-17(21)9-24-14-6-4-12(19)8-13(14)20/h3-8,18H,2,9-10H2,1H3,(H,22,23)/p-1. The van der Waals surface area contributed by atoms with E-state index in [0.29, 0.717) is 16.5 Å². The summed E-state index contributed by atoms with van der Waals surface area (Å²) in [6.45, 7) is 0.832. The van der Waals surface area contributed by atoms with Crippen LogP contribution >= 0.6 is 30.8 Å². The molecular formula is C18H16Cl2O8P-. The number of carbonyl (C=O) groups excluding carboxylic acids is 1. The van der Waals surface area contributed by atoms with Crippen molar-refractivity contribution in [3.05, 3.63) is 52.0 Å². The fourth-order valence-corrected chi connectivity index (χ4v) is 4.25. The van der Waals surface area contributed by atoms with Crippen LogP contribution in [-0.4, -0.2) is 26.0 Å². The Morgan fingerprint density at radius 3 is 2.69 bits per heavy atom. The van der Waals surface area contributed by atoms with Crippen LogP contribution < -0.4 is 19.1 Å². The normalized spacial score (nSPS) is 15.4. The molecule has 2 unspecified atom stereocenters. The second-order valence-corrected chi connectivity index (χ2v) is 8.43. The summed E-state index contributed by atoms with van der Waals surface area (Å²) in [5.74, 6) is -1.63. The topological polar surface area (TPSA) is 103 Å². The Kier molecular flexibility index (Phi) is 6.93. The van der Waals surface area contributed by atoms with Crippen LogP contribution in [0.2, 0.25) is 10.0 Å². The van der Waals surface area contributed by atoms with Crippen molar-refractivity contribution in [2.75, 3.05) is 20.0 Å². The van der Waals surface area contributed by atoms with Gasteiger partial charge in [0.25, 0.3) is 0 Å². The average molecular weight is 462 g/mol. The first-order valence-electron chi connectivity index (χ1n) is 8.42. The summed E-state index contributed by atoms with van der Waals surface area (Å²) in [4.78, 5) is 24.8. The molecule has 1 aliphatic heterocycles. The highest BCUT2D eigenvalue weighted by atomic mass is 35.5. The molecule has 0 bridgehead atoms. The minimum atomic E-state index is -4.60. The van der Waals surface area contributed by atoms with Gasteiger partial charge in [0.2, 0.25) is 6.79 Å². The van der Waals surface area contributed by atoms with Crippen LogP contribution in [0.4, 0.5) is 0 Å². The molecule has 0 aromatic heterocycles. The van der Waals surface area contributed by atoms with Crippen molar-refractivity contribution in [1.82, 2.24) is 0 Å². The SMILES string of the molecule is CCOP(=O)([O-])C(OC(=O)COc1ccc(Cl)cc1Cl)c1ccc2c(c1)OCO2. The lowest BCUT2D eigenvalue weighted by Gasteiger charge is -2.31. The fourth-order valence-electron chi connectivity index (χ4n) is 2.52. The van der Waals surface area contributed by atoms with Crippen molar-refractivity contribution in [2.24, 2.45) is 0 Å². The van der Waals surface area contributed by atoms with Crippen LogP contribution in [0.3, 0.4) is 0 Å². The number of hydrogen-bond donors (Lipinski definition) is 0. The molecule has 0 N–H and O–H groups in total. The number of esters is 1. The summed E-state index contributed by atoms with van der Waals surface area (Å²) in [5, 5.41) is 0.596. The first kappa shape index (κ1) is 21.7. The van der Waals surface area contributed by atoms with E-state index in [-0.39, 0.29) is 29.7 Å². The lowest BCUT2D eigenvalue weighted by Crippen LogP contribution is -2.22. The molecule has 8 nitrogen and oxygen atoms in total. The highest BCUT2D eigenvalue weighted by Gasteiger charge is 2.31. The maximum atomic E-state index is 12.5. The molecule has 2 atom stereocenters. The summed E-state index contributed by atoms with van der Waals surface area (Å²) < 4.78 is 38.3. The highest BCUT2D eigenvalue weighted by Crippen LogP contribution is 2.54. The van der Waals surface area contributed by atoms with Gasteiger partial charge in [-0.2, -0.15) is 0 Å². The van der Waals surface area contributed by atoms with Gasteiger partial charge in [-0.25, -0.2) is 4.79 Å². The first-order valence-corrected chi connectivity index (χ1v) is 10.8. The van der Waals surface area contributed by atoms with Crippen molar-refractivity contribution < 1.29 is 37.7 Å². The summed E-state index contributed by atoms with van der Waals surface area (Å²) in [5.41, 5.74) is 0.152. The van der Waals surface area contributed by atoms with Gasteiger partial charge < -0.3 is 32.9 Å².